The molecule has 0 amide bonds. The molecule has 31 heavy (non-hydrogen) atoms. The van der Waals surface area contributed by atoms with Crippen molar-refractivity contribution in [1.82, 2.24) is 24.8 Å². The highest BCUT2D eigenvalue weighted by Gasteiger charge is 2.26. The second-order valence-corrected chi connectivity index (χ2v) is 9.12. The number of pyridine rings is 2. The van der Waals surface area contributed by atoms with Crippen LogP contribution in [0.3, 0.4) is 0 Å². The van der Waals surface area contributed by atoms with Crippen molar-refractivity contribution >= 4 is 17.5 Å². The van der Waals surface area contributed by atoms with E-state index in [1.165, 1.54) is 0 Å². The van der Waals surface area contributed by atoms with Gasteiger partial charge in [-0.1, -0.05) is 6.07 Å². The van der Waals surface area contributed by atoms with Gasteiger partial charge >= 0.3 is 0 Å². The fourth-order valence-electron chi connectivity index (χ4n) is 3.88. The minimum atomic E-state index is 0.239. The highest BCUT2D eigenvalue weighted by Crippen LogP contribution is 2.25. The first-order valence-corrected chi connectivity index (χ1v) is 10.9. The average Bonchev–Trinajstić information content (AvgIpc) is 2.74. The van der Waals surface area contributed by atoms with E-state index in [-0.39, 0.29) is 5.54 Å². The summed E-state index contributed by atoms with van der Waals surface area (Å²) >= 11 is 0. The second-order valence-electron chi connectivity index (χ2n) is 9.12. The molecule has 0 unspecified atom stereocenters. The Bertz CT molecular complexity index is 1000. The smallest absolute Gasteiger partial charge is 0.228 e. The van der Waals surface area contributed by atoms with Gasteiger partial charge in [-0.3, -0.25) is 9.88 Å². The molecule has 4 rings (SSSR count). The number of nitrogens with zero attached hydrogens (tertiary/aromatic N) is 5. The Balaban J connectivity index is 1.39. The van der Waals surface area contributed by atoms with Crippen LogP contribution in [0.4, 0.5) is 17.5 Å². The zero-order valence-electron chi connectivity index (χ0n) is 18.8. The van der Waals surface area contributed by atoms with Gasteiger partial charge in [0.2, 0.25) is 5.95 Å². The van der Waals surface area contributed by atoms with Gasteiger partial charge in [0, 0.05) is 66.3 Å². The van der Waals surface area contributed by atoms with E-state index in [1.54, 1.807) is 0 Å². The van der Waals surface area contributed by atoms with E-state index in [2.05, 4.69) is 62.3 Å². The van der Waals surface area contributed by atoms with Gasteiger partial charge in [0.1, 0.15) is 5.82 Å². The second kappa shape index (κ2) is 8.98. The Morgan fingerprint density at radius 2 is 1.71 bits per heavy atom. The molecular formula is C24H31N7. The van der Waals surface area contributed by atoms with Gasteiger partial charge in [0.05, 0.1) is 5.69 Å². The Kier molecular flexibility index (Phi) is 6.13. The number of aromatic nitrogens is 4. The SMILES string of the molecule is Cc1cccc(Nc2ncc(-c3cncc(NC4CCN(C(C)(C)C)CC4)c3)cn2)n1. The maximum Gasteiger partial charge on any atom is 0.228 e. The van der Waals surface area contributed by atoms with Gasteiger partial charge in [-0.15, -0.1) is 0 Å². The zero-order valence-corrected chi connectivity index (χ0v) is 18.8. The van der Waals surface area contributed by atoms with E-state index >= 15 is 0 Å². The fraction of sp³-hybridized carbons (Fsp3) is 0.417. The van der Waals surface area contributed by atoms with Gasteiger partial charge in [-0.2, -0.15) is 0 Å². The van der Waals surface area contributed by atoms with Crippen molar-refractivity contribution in [3.8, 4) is 11.1 Å². The Hall–Kier alpha value is -3.06. The monoisotopic (exact) mass is 417 g/mol. The van der Waals surface area contributed by atoms with Crippen LogP contribution in [0.15, 0.2) is 49.1 Å². The molecule has 0 radical (unpaired) electrons. The van der Waals surface area contributed by atoms with Crippen molar-refractivity contribution in [1.29, 1.82) is 0 Å². The highest BCUT2D eigenvalue weighted by molar-refractivity contribution is 5.66. The summed E-state index contributed by atoms with van der Waals surface area (Å²) in [6.45, 7) is 11.0. The molecule has 0 aromatic carbocycles. The molecule has 1 fully saturated rings. The van der Waals surface area contributed by atoms with E-state index < -0.39 is 0 Å². The molecule has 0 spiro atoms. The number of aryl methyl sites for hydroxylation is 1. The summed E-state index contributed by atoms with van der Waals surface area (Å²) in [7, 11) is 0. The lowest BCUT2D eigenvalue weighted by atomic mass is 9.98. The number of hydrogen-bond donors (Lipinski definition) is 2. The first kappa shape index (κ1) is 21.2. The molecule has 3 aromatic heterocycles. The number of likely N-dealkylation sites (tertiary alicyclic amines) is 1. The number of piperidine rings is 1. The van der Waals surface area contributed by atoms with Crippen molar-refractivity contribution < 1.29 is 0 Å². The van der Waals surface area contributed by atoms with Crippen molar-refractivity contribution in [2.24, 2.45) is 0 Å². The van der Waals surface area contributed by atoms with Crippen molar-refractivity contribution in [2.45, 2.75) is 52.1 Å². The molecule has 1 aliphatic heterocycles. The average molecular weight is 418 g/mol. The molecule has 7 heteroatoms. The van der Waals surface area contributed by atoms with E-state index in [0.29, 0.717) is 12.0 Å². The lowest BCUT2D eigenvalue weighted by Gasteiger charge is -2.41. The van der Waals surface area contributed by atoms with Crippen molar-refractivity contribution in [3.63, 3.8) is 0 Å². The number of nitrogens with one attached hydrogen (secondary N) is 2. The first-order chi connectivity index (χ1) is 14.9. The van der Waals surface area contributed by atoms with Crippen LogP contribution in [-0.2, 0) is 0 Å². The number of anilines is 3. The third-order valence-corrected chi connectivity index (χ3v) is 5.67. The normalized spacial score (nSPS) is 15.6. The standard InChI is InChI=1S/C24H31N7/c1-17-6-5-7-22(28-17)30-23-26-14-19(15-27-23)18-12-21(16-25-13-18)29-20-8-10-31(11-9-20)24(2,3)4/h5-7,12-16,20,29H,8-11H2,1-4H3,(H,26,27,28,30). The molecule has 0 aliphatic carbocycles. The minimum absolute atomic E-state index is 0.239. The first-order valence-electron chi connectivity index (χ1n) is 10.9. The van der Waals surface area contributed by atoms with Crippen LogP contribution in [0.25, 0.3) is 11.1 Å². The highest BCUT2D eigenvalue weighted by atomic mass is 15.2. The van der Waals surface area contributed by atoms with Gasteiger partial charge in [-0.25, -0.2) is 15.0 Å². The third kappa shape index (κ3) is 5.55. The van der Waals surface area contributed by atoms with E-state index in [9.17, 15) is 0 Å². The molecule has 4 heterocycles. The summed E-state index contributed by atoms with van der Waals surface area (Å²) in [6, 6.07) is 8.40. The third-order valence-electron chi connectivity index (χ3n) is 5.67. The van der Waals surface area contributed by atoms with Crippen LogP contribution in [0.2, 0.25) is 0 Å². The molecule has 3 aromatic rings. The summed E-state index contributed by atoms with van der Waals surface area (Å²) in [5, 5.41) is 6.80. The Morgan fingerprint density at radius 1 is 0.968 bits per heavy atom. The fourth-order valence-corrected chi connectivity index (χ4v) is 3.88. The van der Waals surface area contributed by atoms with Gasteiger partial charge < -0.3 is 10.6 Å². The predicted molar refractivity (Wildman–Crippen MR) is 125 cm³/mol. The molecule has 1 aliphatic rings. The summed E-state index contributed by atoms with van der Waals surface area (Å²) in [4.78, 5) is 20.3. The molecule has 0 atom stereocenters. The Morgan fingerprint density at radius 3 is 2.39 bits per heavy atom. The van der Waals surface area contributed by atoms with Crippen LogP contribution in [-0.4, -0.2) is 49.5 Å². The topological polar surface area (TPSA) is 78.9 Å². The van der Waals surface area contributed by atoms with Crippen LogP contribution in [0.1, 0.15) is 39.3 Å². The molecule has 0 saturated carbocycles. The molecule has 0 bridgehead atoms. The van der Waals surface area contributed by atoms with Gasteiger partial charge in [0.25, 0.3) is 0 Å². The summed E-state index contributed by atoms with van der Waals surface area (Å²) in [5.41, 5.74) is 4.15. The molecular weight excluding hydrogens is 386 g/mol. The zero-order chi connectivity index (χ0) is 21.8. The quantitative estimate of drug-likeness (QED) is 0.625. The summed E-state index contributed by atoms with van der Waals surface area (Å²) in [6.07, 6.45) is 9.64. The van der Waals surface area contributed by atoms with Crippen LogP contribution >= 0.6 is 0 Å². The molecule has 2 N–H and O–H groups in total. The largest absolute Gasteiger partial charge is 0.381 e. The van der Waals surface area contributed by atoms with Gasteiger partial charge in [0.15, 0.2) is 0 Å². The lowest BCUT2D eigenvalue weighted by Crippen LogP contribution is -2.48. The predicted octanol–water partition coefficient (Wildman–Crippen LogP) is 4.66. The van der Waals surface area contributed by atoms with Crippen LogP contribution in [0, 0.1) is 6.92 Å². The van der Waals surface area contributed by atoms with Crippen LogP contribution in [0.5, 0.6) is 0 Å². The number of hydrogen-bond acceptors (Lipinski definition) is 7. The van der Waals surface area contributed by atoms with E-state index in [4.69, 9.17) is 0 Å². The molecule has 1 saturated heterocycles. The summed E-state index contributed by atoms with van der Waals surface area (Å²) in [5.74, 6) is 1.26. The molecule has 162 valence electrons. The summed E-state index contributed by atoms with van der Waals surface area (Å²) < 4.78 is 0. The van der Waals surface area contributed by atoms with Crippen molar-refractivity contribution in [3.05, 3.63) is 54.7 Å². The minimum Gasteiger partial charge on any atom is -0.381 e. The lowest BCUT2D eigenvalue weighted by molar-refractivity contribution is 0.106. The maximum absolute atomic E-state index is 4.44. The van der Waals surface area contributed by atoms with Crippen LogP contribution < -0.4 is 10.6 Å². The van der Waals surface area contributed by atoms with Gasteiger partial charge in [-0.05, 0) is 58.7 Å². The van der Waals surface area contributed by atoms with Crippen molar-refractivity contribution in [2.75, 3.05) is 23.7 Å². The Labute approximate surface area is 184 Å². The maximum atomic E-state index is 4.44. The number of rotatable bonds is 5. The molecule has 7 nitrogen and oxygen atoms in total. The van der Waals surface area contributed by atoms with E-state index in [1.807, 2.05) is 49.9 Å². The van der Waals surface area contributed by atoms with E-state index in [0.717, 1.165) is 54.3 Å².